The molecule has 0 bridgehead atoms. The molecule has 1 aliphatic heterocycles. The van der Waals surface area contributed by atoms with Gasteiger partial charge in [-0.1, -0.05) is 30.3 Å². The molecule has 2 heterocycles. The summed E-state index contributed by atoms with van der Waals surface area (Å²) in [7, 11) is 0. The number of hydrogen-bond acceptors (Lipinski definition) is 8. The quantitative estimate of drug-likeness (QED) is 0.624. The number of nitrogen functional groups attached to an aromatic ring is 1. The van der Waals surface area contributed by atoms with Crippen LogP contribution in [0.2, 0.25) is 0 Å². The highest BCUT2D eigenvalue weighted by Gasteiger charge is 2.28. The number of ether oxygens (including phenoxy) is 1. The minimum atomic E-state index is -0.541. The van der Waals surface area contributed by atoms with Crippen LogP contribution in [0.15, 0.2) is 30.3 Å². The van der Waals surface area contributed by atoms with E-state index in [1.807, 2.05) is 30.3 Å². The van der Waals surface area contributed by atoms with Crippen molar-refractivity contribution in [2.75, 3.05) is 42.3 Å². The molecule has 0 unspecified atom stereocenters. The van der Waals surface area contributed by atoms with Crippen molar-refractivity contribution in [2.45, 2.75) is 6.54 Å². The van der Waals surface area contributed by atoms with Gasteiger partial charge in [0, 0.05) is 19.6 Å². The number of hydrogen-bond donors (Lipinski definition) is 2. The average molecular weight is 330 g/mol. The zero-order valence-electron chi connectivity index (χ0n) is 13.0. The molecule has 0 atom stereocenters. The molecule has 1 aromatic heterocycles. The van der Waals surface area contributed by atoms with Crippen molar-refractivity contribution in [2.24, 2.45) is 0 Å². The number of nitrogens with zero attached hydrogens (tertiary/aromatic N) is 4. The number of nitrogens with one attached hydrogen (secondary N) is 1. The summed E-state index contributed by atoms with van der Waals surface area (Å²) in [5.74, 6) is 0.349. The van der Waals surface area contributed by atoms with Gasteiger partial charge in [-0.2, -0.15) is 9.97 Å². The molecule has 3 N–H and O–H groups in total. The van der Waals surface area contributed by atoms with E-state index in [-0.39, 0.29) is 23.3 Å². The fraction of sp³-hybridized carbons (Fsp3) is 0.333. The van der Waals surface area contributed by atoms with E-state index in [4.69, 9.17) is 10.5 Å². The Morgan fingerprint density at radius 2 is 1.96 bits per heavy atom. The zero-order valence-corrected chi connectivity index (χ0v) is 13.0. The van der Waals surface area contributed by atoms with Gasteiger partial charge in [-0.05, 0) is 5.56 Å². The second kappa shape index (κ2) is 7.09. The molecular weight excluding hydrogens is 312 g/mol. The van der Waals surface area contributed by atoms with E-state index in [0.717, 1.165) is 5.56 Å². The van der Waals surface area contributed by atoms with E-state index in [2.05, 4.69) is 15.3 Å². The lowest BCUT2D eigenvalue weighted by atomic mass is 10.2. The maximum absolute atomic E-state index is 11.3. The van der Waals surface area contributed by atoms with E-state index in [1.54, 1.807) is 4.90 Å². The molecule has 0 spiro atoms. The summed E-state index contributed by atoms with van der Waals surface area (Å²) in [5.41, 5.74) is 6.59. The van der Waals surface area contributed by atoms with Gasteiger partial charge in [0.05, 0.1) is 18.1 Å². The molecule has 24 heavy (non-hydrogen) atoms. The fourth-order valence-corrected chi connectivity index (χ4v) is 2.49. The lowest BCUT2D eigenvalue weighted by Crippen LogP contribution is -2.37. The SMILES string of the molecule is Nc1nc(NCc2ccccc2)nc(N2CCOCC2)c1[N+](=O)[O-]. The van der Waals surface area contributed by atoms with Crippen LogP contribution in [0.3, 0.4) is 0 Å². The van der Waals surface area contributed by atoms with Crippen molar-refractivity contribution in [3.8, 4) is 0 Å². The highest BCUT2D eigenvalue weighted by molar-refractivity contribution is 5.71. The molecule has 2 aromatic rings. The Labute approximate surface area is 138 Å². The van der Waals surface area contributed by atoms with Crippen molar-refractivity contribution in [3.63, 3.8) is 0 Å². The van der Waals surface area contributed by atoms with Crippen LogP contribution in [0.1, 0.15) is 5.56 Å². The number of nitrogens with two attached hydrogens (primary N) is 1. The first kappa shape index (κ1) is 15.9. The number of benzene rings is 1. The van der Waals surface area contributed by atoms with Crippen molar-refractivity contribution in [3.05, 3.63) is 46.0 Å². The van der Waals surface area contributed by atoms with Gasteiger partial charge in [-0.15, -0.1) is 0 Å². The fourth-order valence-electron chi connectivity index (χ4n) is 2.49. The van der Waals surface area contributed by atoms with Gasteiger partial charge in [-0.3, -0.25) is 10.1 Å². The minimum Gasteiger partial charge on any atom is -0.378 e. The topological polar surface area (TPSA) is 119 Å². The molecule has 0 aliphatic carbocycles. The smallest absolute Gasteiger partial charge is 0.353 e. The maximum atomic E-state index is 11.3. The number of rotatable bonds is 5. The molecular formula is C15H18N6O3. The Morgan fingerprint density at radius 1 is 1.25 bits per heavy atom. The van der Waals surface area contributed by atoms with E-state index in [9.17, 15) is 10.1 Å². The second-order valence-corrected chi connectivity index (χ2v) is 5.30. The van der Waals surface area contributed by atoms with Crippen LogP contribution in [-0.2, 0) is 11.3 Å². The minimum absolute atomic E-state index is 0.146. The Morgan fingerprint density at radius 3 is 2.62 bits per heavy atom. The van der Waals surface area contributed by atoms with Crippen LogP contribution in [0.25, 0.3) is 0 Å². The lowest BCUT2D eigenvalue weighted by molar-refractivity contribution is -0.383. The van der Waals surface area contributed by atoms with Crippen molar-refractivity contribution in [1.82, 2.24) is 9.97 Å². The predicted octanol–water partition coefficient (Wildman–Crippen LogP) is 1.42. The summed E-state index contributed by atoms with van der Waals surface area (Å²) in [5, 5.41) is 14.4. The Kier molecular flexibility index (Phi) is 4.71. The number of anilines is 3. The zero-order chi connectivity index (χ0) is 16.9. The Balaban J connectivity index is 1.87. The summed E-state index contributed by atoms with van der Waals surface area (Å²) in [6.07, 6.45) is 0. The number of morpholine rings is 1. The van der Waals surface area contributed by atoms with Gasteiger partial charge in [0.25, 0.3) is 0 Å². The second-order valence-electron chi connectivity index (χ2n) is 5.30. The van der Waals surface area contributed by atoms with Crippen LogP contribution in [-0.4, -0.2) is 41.2 Å². The van der Waals surface area contributed by atoms with Gasteiger partial charge in [0.2, 0.25) is 17.6 Å². The number of aromatic nitrogens is 2. The van der Waals surface area contributed by atoms with Crippen molar-refractivity contribution >= 4 is 23.3 Å². The molecule has 1 saturated heterocycles. The summed E-state index contributed by atoms with van der Waals surface area (Å²) in [6, 6.07) is 9.72. The van der Waals surface area contributed by atoms with Gasteiger partial charge in [-0.25, -0.2) is 0 Å². The third kappa shape index (κ3) is 3.51. The van der Waals surface area contributed by atoms with Gasteiger partial charge in [0.1, 0.15) is 0 Å². The van der Waals surface area contributed by atoms with Crippen molar-refractivity contribution in [1.29, 1.82) is 0 Å². The molecule has 126 valence electrons. The van der Waals surface area contributed by atoms with Crippen LogP contribution in [0.4, 0.5) is 23.3 Å². The first-order chi connectivity index (χ1) is 11.6. The van der Waals surface area contributed by atoms with Crippen LogP contribution >= 0.6 is 0 Å². The predicted molar refractivity (Wildman–Crippen MR) is 89.9 cm³/mol. The Bertz CT molecular complexity index is 719. The standard InChI is InChI=1S/C15H18N6O3/c16-13-12(21(22)23)14(20-6-8-24-9-7-20)19-15(18-13)17-10-11-4-2-1-3-5-11/h1-5H,6-10H2,(H3,16,17,18,19). The third-order valence-electron chi connectivity index (χ3n) is 3.68. The van der Waals surface area contributed by atoms with E-state index in [0.29, 0.717) is 32.8 Å². The highest BCUT2D eigenvalue weighted by Crippen LogP contribution is 2.32. The van der Waals surface area contributed by atoms with E-state index in [1.165, 1.54) is 0 Å². The molecule has 1 aromatic carbocycles. The summed E-state index contributed by atoms with van der Waals surface area (Å²) in [4.78, 5) is 20.9. The van der Waals surface area contributed by atoms with E-state index >= 15 is 0 Å². The van der Waals surface area contributed by atoms with E-state index < -0.39 is 4.92 Å². The number of nitro groups is 1. The monoisotopic (exact) mass is 330 g/mol. The summed E-state index contributed by atoms with van der Waals surface area (Å²) >= 11 is 0. The molecule has 9 nitrogen and oxygen atoms in total. The van der Waals surface area contributed by atoms with Gasteiger partial charge >= 0.3 is 5.69 Å². The molecule has 9 heteroatoms. The molecule has 0 saturated carbocycles. The largest absolute Gasteiger partial charge is 0.378 e. The van der Waals surface area contributed by atoms with Crippen molar-refractivity contribution < 1.29 is 9.66 Å². The molecule has 1 fully saturated rings. The van der Waals surface area contributed by atoms with Crippen LogP contribution < -0.4 is 16.0 Å². The van der Waals surface area contributed by atoms with Gasteiger partial charge < -0.3 is 20.7 Å². The summed E-state index contributed by atoms with van der Waals surface area (Å²) < 4.78 is 5.29. The normalized spacial score (nSPS) is 14.4. The summed E-state index contributed by atoms with van der Waals surface area (Å²) in [6.45, 7) is 2.53. The Hall–Kier alpha value is -2.94. The van der Waals surface area contributed by atoms with Crippen LogP contribution in [0, 0.1) is 10.1 Å². The third-order valence-corrected chi connectivity index (χ3v) is 3.68. The maximum Gasteiger partial charge on any atom is 0.353 e. The van der Waals surface area contributed by atoms with Crippen LogP contribution in [0.5, 0.6) is 0 Å². The molecule has 0 amide bonds. The highest BCUT2D eigenvalue weighted by atomic mass is 16.6. The lowest BCUT2D eigenvalue weighted by Gasteiger charge is -2.27. The molecule has 1 aliphatic rings. The molecule has 3 rings (SSSR count). The molecule has 0 radical (unpaired) electrons. The first-order valence-electron chi connectivity index (χ1n) is 7.57. The average Bonchev–Trinajstić information content (AvgIpc) is 2.60. The first-order valence-corrected chi connectivity index (χ1v) is 7.57. The van der Waals surface area contributed by atoms with Gasteiger partial charge in [0.15, 0.2) is 0 Å².